The van der Waals surface area contributed by atoms with E-state index < -0.39 is 0 Å². The molecule has 0 radical (unpaired) electrons. The lowest BCUT2D eigenvalue weighted by atomic mass is 9.78. The van der Waals surface area contributed by atoms with E-state index in [0.717, 1.165) is 52.1 Å². The molecule has 0 aliphatic carbocycles. The van der Waals surface area contributed by atoms with Gasteiger partial charge in [-0.05, 0) is 58.5 Å². The van der Waals surface area contributed by atoms with Crippen LogP contribution in [0.2, 0.25) is 0 Å². The van der Waals surface area contributed by atoms with Crippen LogP contribution in [-0.4, -0.2) is 63.2 Å². The van der Waals surface area contributed by atoms with Gasteiger partial charge in [0.1, 0.15) is 0 Å². The molecule has 90 valence electrons. The fourth-order valence-corrected chi connectivity index (χ4v) is 2.08. The molecule has 0 atom stereocenters. The summed E-state index contributed by atoms with van der Waals surface area (Å²) < 4.78 is 0. The van der Waals surface area contributed by atoms with Gasteiger partial charge >= 0.3 is 0 Å². The second-order valence-corrected chi connectivity index (χ2v) is 5.05. The zero-order chi connectivity index (χ0) is 11.3. The van der Waals surface area contributed by atoms with Crippen LogP contribution in [0.15, 0.2) is 0 Å². The lowest BCUT2D eigenvalue weighted by molar-refractivity contribution is 0.110. The van der Waals surface area contributed by atoms with Crippen LogP contribution < -0.4 is 11.5 Å². The molecule has 1 heterocycles. The summed E-state index contributed by atoms with van der Waals surface area (Å²) in [5, 5.41) is 0. The van der Waals surface area contributed by atoms with Gasteiger partial charge in [0.15, 0.2) is 0 Å². The van der Waals surface area contributed by atoms with E-state index in [1.165, 1.54) is 0 Å². The van der Waals surface area contributed by atoms with Gasteiger partial charge in [0.05, 0.1) is 0 Å². The molecule has 4 heteroatoms. The highest BCUT2D eigenvalue weighted by atomic mass is 15.2. The predicted octanol–water partition coefficient (Wildman–Crippen LogP) is -0.452. The summed E-state index contributed by atoms with van der Waals surface area (Å²) >= 11 is 0. The Balaban J connectivity index is 2.28. The Hall–Kier alpha value is -0.160. The predicted molar refractivity (Wildman–Crippen MR) is 64.8 cm³/mol. The number of nitrogens with zero attached hydrogens (tertiary/aromatic N) is 2. The molecule has 0 saturated carbocycles. The van der Waals surface area contributed by atoms with Crippen molar-refractivity contribution in [2.24, 2.45) is 16.9 Å². The zero-order valence-electron chi connectivity index (χ0n) is 10.2. The van der Waals surface area contributed by atoms with Crippen molar-refractivity contribution >= 4 is 0 Å². The van der Waals surface area contributed by atoms with E-state index in [1.54, 1.807) is 0 Å². The van der Waals surface area contributed by atoms with Gasteiger partial charge in [-0.25, -0.2) is 0 Å². The fourth-order valence-electron chi connectivity index (χ4n) is 2.08. The number of hydrogen-bond acceptors (Lipinski definition) is 4. The van der Waals surface area contributed by atoms with Gasteiger partial charge < -0.3 is 21.3 Å². The van der Waals surface area contributed by atoms with Gasteiger partial charge in [-0.3, -0.25) is 0 Å². The van der Waals surface area contributed by atoms with Gasteiger partial charge in [0, 0.05) is 13.1 Å². The van der Waals surface area contributed by atoms with E-state index >= 15 is 0 Å². The molecule has 4 nitrogen and oxygen atoms in total. The number of rotatable bonds is 5. The van der Waals surface area contributed by atoms with Crippen LogP contribution in [0, 0.1) is 5.41 Å². The molecular formula is C11H26N4. The second kappa shape index (κ2) is 5.80. The smallest absolute Gasteiger partial charge is 0.0109 e. The Bertz CT molecular complexity index is 167. The SMILES string of the molecule is CN(C)CCN1CCC(CN)(CN)CC1. The first-order valence-corrected chi connectivity index (χ1v) is 5.89. The number of nitrogens with two attached hydrogens (primary N) is 2. The maximum Gasteiger partial charge on any atom is 0.0109 e. The van der Waals surface area contributed by atoms with E-state index in [2.05, 4.69) is 23.9 Å². The van der Waals surface area contributed by atoms with Crippen molar-refractivity contribution in [3.05, 3.63) is 0 Å². The molecule has 1 saturated heterocycles. The highest BCUT2D eigenvalue weighted by Gasteiger charge is 2.31. The largest absolute Gasteiger partial charge is 0.330 e. The Morgan fingerprint density at radius 3 is 2.07 bits per heavy atom. The minimum atomic E-state index is 0.231. The van der Waals surface area contributed by atoms with Gasteiger partial charge in [0.2, 0.25) is 0 Å². The summed E-state index contributed by atoms with van der Waals surface area (Å²) in [6.07, 6.45) is 2.32. The first kappa shape index (κ1) is 12.9. The summed E-state index contributed by atoms with van der Waals surface area (Å²) in [5.74, 6) is 0. The van der Waals surface area contributed by atoms with Gasteiger partial charge in [-0.1, -0.05) is 0 Å². The van der Waals surface area contributed by atoms with Gasteiger partial charge in [-0.2, -0.15) is 0 Å². The van der Waals surface area contributed by atoms with Crippen LogP contribution in [0.25, 0.3) is 0 Å². The van der Waals surface area contributed by atoms with Crippen molar-refractivity contribution in [3.63, 3.8) is 0 Å². The lowest BCUT2D eigenvalue weighted by Gasteiger charge is -2.40. The molecule has 15 heavy (non-hydrogen) atoms. The summed E-state index contributed by atoms with van der Waals surface area (Å²) in [6.45, 7) is 6.09. The van der Waals surface area contributed by atoms with E-state index in [-0.39, 0.29) is 5.41 Å². The van der Waals surface area contributed by atoms with Crippen molar-refractivity contribution in [2.75, 3.05) is 53.4 Å². The molecular weight excluding hydrogens is 188 g/mol. The van der Waals surface area contributed by atoms with Crippen molar-refractivity contribution < 1.29 is 0 Å². The molecule has 0 spiro atoms. The summed E-state index contributed by atoms with van der Waals surface area (Å²) in [5.41, 5.74) is 11.9. The highest BCUT2D eigenvalue weighted by molar-refractivity contribution is 4.87. The number of hydrogen-bond donors (Lipinski definition) is 2. The molecule has 0 amide bonds. The van der Waals surface area contributed by atoms with Crippen LogP contribution in [0.1, 0.15) is 12.8 Å². The number of likely N-dealkylation sites (N-methyl/N-ethyl adjacent to an activating group) is 1. The summed E-state index contributed by atoms with van der Waals surface area (Å²) in [7, 11) is 4.24. The fraction of sp³-hybridized carbons (Fsp3) is 1.00. The van der Waals surface area contributed by atoms with Gasteiger partial charge in [0.25, 0.3) is 0 Å². The van der Waals surface area contributed by atoms with Crippen molar-refractivity contribution in [1.82, 2.24) is 9.80 Å². The third-order valence-corrected chi connectivity index (χ3v) is 3.65. The van der Waals surface area contributed by atoms with Crippen molar-refractivity contribution in [1.29, 1.82) is 0 Å². The quantitative estimate of drug-likeness (QED) is 0.651. The molecule has 1 aliphatic rings. The van der Waals surface area contributed by atoms with E-state index in [9.17, 15) is 0 Å². The van der Waals surface area contributed by atoms with E-state index in [0.29, 0.717) is 0 Å². The van der Waals surface area contributed by atoms with Crippen LogP contribution in [0.5, 0.6) is 0 Å². The monoisotopic (exact) mass is 214 g/mol. The molecule has 0 bridgehead atoms. The number of piperidine rings is 1. The Morgan fingerprint density at radius 2 is 1.67 bits per heavy atom. The maximum atomic E-state index is 5.81. The summed E-state index contributed by atoms with van der Waals surface area (Å²) in [6, 6.07) is 0. The first-order valence-electron chi connectivity index (χ1n) is 5.89. The normalized spacial score (nSPS) is 22.2. The van der Waals surface area contributed by atoms with Crippen molar-refractivity contribution in [2.45, 2.75) is 12.8 Å². The molecule has 4 N–H and O–H groups in total. The van der Waals surface area contributed by atoms with Gasteiger partial charge in [-0.15, -0.1) is 0 Å². The molecule has 1 rings (SSSR count). The molecule has 0 unspecified atom stereocenters. The van der Waals surface area contributed by atoms with Crippen LogP contribution >= 0.6 is 0 Å². The van der Waals surface area contributed by atoms with Crippen LogP contribution in [0.4, 0.5) is 0 Å². The second-order valence-electron chi connectivity index (χ2n) is 5.05. The molecule has 1 fully saturated rings. The first-order chi connectivity index (χ1) is 7.12. The number of likely N-dealkylation sites (tertiary alicyclic amines) is 1. The Kier molecular flexibility index (Phi) is 4.99. The molecule has 0 aromatic carbocycles. The molecule has 1 aliphatic heterocycles. The molecule has 0 aromatic heterocycles. The average Bonchev–Trinajstić information content (AvgIpc) is 2.27. The Labute approximate surface area is 93.6 Å². The van der Waals surface area contributed by atoms with Crippen molar-refractivity contribution in [3.8, 4) is 0 Å². The van der Waals surface area contributed by atoms with Crippen LogP contribution in [0.3, 0.4) is 0 Å². The minimum absolute atomic E-state index is 0.231. The topological polar surface area (TPSA) is 58.5 Å². The third-order valence-electron chi connectivity index (χ3n) is 3.65. The summed E-state index contributed by atoms with van der Waals surface area (Å²) in [4.78, 5) is 4.75. The Morgan fingerprint density at radius 1 is 1.13 bits per heavy atom. The zero-order valence-corrected chi connectivity index (χ0v) is 10.2. The van der Waals surface area contributed by atoms with E-state index in [4.69, 9.17) is 11.5 Å². The van der Waals surface area contributed by atoms with E-state index in [1.807, 2.05) is 0 Å². The standard InChI is InChI=1S/C11H26N4/c1-14(2)7-8-15-5-3-11(9-12,10-13)4-6-15/h3-10,12-13H2,1-2H3. The maximum absolute atomic E-state index is 5.81. The highest BCUT2D eigenvalue weighted by Crippen LogP contribution is 2.28. The third kappa shape index (κ3) is 3.72. The van der Waals surface area contributed by atoms with Crippen LogP contribution in [-0.2, 0) is 0 Å². The minimum Gasteiger partial charge on any atom is -0.330 e. The lowest BCUT2D eigenvalue weighted by Crippen LogP contribution is -2.48. The molecule has 0 aromatic rings. The average molecular weight is 214 g/mol.